The number of hydrogen-bond acceptors (Lipinski definition) is 3. The van der Waals surface area contributed by atoms with E-state index in [1.807, 2.05) is 17.0 Å². The zero-order valence-electron chi connectivity index (χ0n) is 19.9. The number of carbonyl (C=O) groups is 2. The van der Waals surface area contributed by atoms with Crippen LogP contribution in [0.1, 0.15) is 22.3 Å². The van der Waals surface area contributed by atoms with Gasteiger partial charge in [-0.3, -0.25) is 9.69 Å². The third-order valence-electron chi connectivity index (χ3n) is 6.76. The van der Waals surface area contributed by atoms with Gasteiger partial charge in [-0.05, 0) is 54.4 Å². The summed E-state index contributed by atoms with van der Waals surface area (Å²) in [4.78, 5) is 33.6. The van der Waals surface area contributed by atoms with Gasteiger partial charge in [-0.2, -0.15) is 0 Å². The molecule has 0 bridgehead atoms. The molecule has 2 heterocycles. The third-order valence-corrected chi connectivity index (χ3v) is 6.76. The molecule has 6 nitrogen and oxygen atoms in total. The van der Waals surface area contributed by atoms with Crippen LogP contribution in [0.5, 0.6) is 0 Å². The lowest BCUT2D eigenvalue weighted by Crippen LogP contribution is -2.49. The van der Waals surface area contributed by atoms with E-state index in [0.29, 0.717) is 62.8 Å². The van der Waals surface area contributed by atoms with Crippen LogP contribution in [0, 0.1) is 11.6 Å². The molecule has 0 aliphatic carbocycles. The fourth-order valence-electron chi connectivity index (χ4n) is 4.83. The Morgan fingerprint density at radius 1 is 0.806 bits per heavy atom. The highest BCUT2D eigenvalue weighted by Gasteiger charge is 2.28. The summed E-state index contributed by atoms with van der Waals surface area (Å²) in [5, 5.41) is 0. The molecule has 2 fully saturated rings. The molecule has 3 aromatic rings. The molecule has 186 valence electrons. The average molecular weight is 491 g/mol. The van der Waals surface area contributed by atoms with E-state index in [-0.39, 0.29) is 23.6 Å². The zero-order valence-corrected chi connectivity index (χ0v) is 19.9. The maximum atomic E-state index is 14.1. The first-order valence-corrected chi connectivity index (χ1v) is 12.2. The predicted molar refractivity (Wildman–Crippen MR) is 135 cm³/mol. The summed E-state index contributed by atoms with van der Waals surface area (Å²) in [5.41, 5.74) is 2.63. The van der Waals surface area contributed by atoms with Crippen molar-refractivity contribution in [1.29, 1.82) is 0 Å². The van der Waals surface area contributed by atoms with E-state index in [9.17, 15) is 18.4 Å². The molecule has 3 amide bonds. The Hall–Kier alpha value is -3.94. The van der Waals surface area contributed by atoms with Crippen molar-refractivity contribution in [2.24, 2.45) is 0 Å². The number of halogens is 2. The lowest BCUT2D eigenvalue weighted by Gasteiger charge is -2.37. The molecule has 36 heavy (non-hydrogen) atoms. The smallest absolute Gasteiger partial charge is 0.324 e. The second-order valence-corrected chi connectivity index (χ2v) is 9.12. The Labute approximate surface area is 209 Å². The van der Waals surface area contributed by atoms with Crippen molar-refractivity contribution in [3.63, 3.8) is 0 Å². The number of urea groups is 1. The molecule has 0 aromatic heterocycles. The molecule has 0 N–H and O–H groups in total. The Morgan fingerprint density at radius 2 is 1.56 bits per heavy atom. The first kappa shape index (κ1) is 23.8. The zero-order chi connectivity index (χ0) is 25.1. The van der Waals surface area contributed by atoms with Crippen LogP contribution in [0.15, 0.2) is 72.8 Å². The van der Waals surface area contributed by atoms with Gasteiger partial charge < -0.3 is 14.7 Å². The maximum Gasteiger partial charge on any atom is 0.324 e. The molecule has 0 radical (unpaired) electrons. The molecule has 0 atom stereocenters. The second kappa shape index (κ2) is 10.4. The summed E-state index contributed by atoms with van der Waals surface area (Å²) in [5.74, 6) is -0.664. The number of benzene rings is 3. The highest BCUT2D eigenvalue weighted by molar-refractivity contribution is 5.98. The standard InChI is InChI=1S/C28H28F2N4O2/c29-23-11-9-21(10-12-23)20-33-13-4-14-34(28(33)36)24-6-3-5-22(19-24)27(35)32-17-15-31(16-18-32)26-8-2-1-7-25(26)30/h1-3,5-12,19H,4,13-18,20H2. The minimum atomic E-state index is -0.305. The lowest BCUT2D eigenvalue weighted by molar-refractivity contribution is 0.0746. The van der Waals surface area contributed by atoms with Crippen molar-refractivity contribution < 1.29 is 18.4 Å². The number of hydrogen-bond donors (Lipinski definition) is 0. The highest BCUT2D eigenvalue weighted by Crippen LogP contribution is 2.25. The fourth-order valence-corrected chi connectivity index (χ4v) is 4.83. The monoisotopic (exact) mass is 490 g/mol. The first-order valence-electron chi connectivity index (χ1n) is 12.2. The molecule has 5 rings (SSSR count). The number of anilines is 2. The summed E-state index contributed by atoms with van der Waals surface area (Å²) in [6, 6.07) is 19.9. The number of carbonyl (C=O) groups excluding carboxylic acids is 2. The van der Waals surface area contributed by atoms with Crippen LogP contribution in [0.2, 0.25) is 0 Å². The molecule has 2 aliphatic rings. The van der Waals surface area contributed by atoms with Gasteiger partial charge in [0.25, 0.3) is 5.91 Å². The van der Waals surface area contributed by atoms with Crippen molar-refractivity contribution in [2.75, 3.05) is 49.1 Å². The van der Waals surface area contributed by atoms with Crippen LogP contribution >= 0.6 is 0 Å². The van der Waals surface area contributed by atoms with E-state index in [4.69, 9.17) is 0 Å². The number of para-hydroxylation sites is 1. The SMILES string of the molecule is O=C(c1cccc(N2CCCN(Cc3ccc(F)cc3)C2=O)c1)N1CCN(c2ccccc2F)CC1. The molecule has 3 aromatic carbocycles. The van der Waals surface area contributed by atoms with Gasteiger partial charge in [0.1, 0.15) is 11.6 Å². The summed E-state index contributed by atoms with van der Waals surface area (Å²) < 4.78 is 27.4. The van der Waals surface area contributed by atoms with Crippen molar-refractivity contribution in [3.8, 4) is 0 Å². The Kier molecular flexibility index (Phi) is 6.84. The predicted octanol–water partition coefficient (Wildman–Crippen LogP) is 4.76. The molecule has 0 saturated carbocycles. The van der Waals surface area contributed by atoms with Gasteiger partial charge in [0, 0.05) is 57.1 Å². The number of nitrogens with zero attached hydrogens (tertiary/aromatic N) is 4. The van der Waals surface area contributed by atoms with Crippen LogP contribution in [0.4, 0.5) is 25.0 Å². The van der Waals surface area contributed by atoms with Gasteiger partial charge in [-0.1, -0.05) is 30.3 Å². The Bertz CT molecular complexity index is 1240. The molecule has 2 aliphatic heterocycles. The average Bonchev–Trinajstić information content (AvgIpc) is 2.91. The second-order valence-electron chi connectivity index (χ2n) is 9.12. The van der Waals surface area contributed by atoms with Crippen molar-refractivity contribution >= 4 is 23.3 Å². The minimum Gasteiger partial charge on any atom is -0.366 e. The van der Waals surface area contributed by atoms with Crippen LogP contribution in [0.3, 0.4) is 0 Å². The summed E-state index contributed by atoms with van der Waals surface area (Å²) in [6.07, 6.45) is 0.795. The number of piperazine rings is 1. The molecule has 2 saturated heterocycles. The van der Waals surface area contributed by atoms with Crippen molar-refractivity contribution in [1.82, 2.24) is 9.80 Å². The fraction of sp³-hybridized carbons (Fsp3) is 0.286. The van der Waals surface area contributed by atoms with E-state index in [2.05, 4.69) is 0 Å². The van der Waals surface area contributed by atoms with E-state index < -0.39 is 0 Å². The molecular formula is C28H28F2N4O2. The molecule has 0 spiro atoms. The van der Waals surface area contributed by atoms with Gasteiger partial charge in [0.2, 0.25) is 0 Å². The van der Waals surface area contributed by atoms with Crippen molar-refractivity contribution in [2.45, 2.75) is 13.0 Å². The number of amides is 3. The summed E-state index contributed by atoms with van der Waals surface area (Å²) in [7, 11) is 0. The topological polar surface area (TPSA) is 47.1 Å². The van der Waals surface area contributed by atoms with Gasteiger partial charge in [0.05, 0.1) is 5.69 Å². The van der Waals surface area contributed by atoms with Crippen LogP contribution < -0.4 is 9.80 Å². The van der Waals surface area contributed by atoms with Gasteiger partial charge in [-0.15, -0.1) is 0 Å². The van der Waals surface area contributed by atoms with Crippen LogP contribution in [-0.4, -0.2) is 61.0 Å². The maximum absolute atomic E-state index is 14.1. The summed E-state index contributed by atoms with van der Waals surface area (Å²) >= 11 is 0. The Morgan fingerprint density at radius 3 is 2.31 bits per heavy atom. The minimum absolute atomic E-state index is 0.0994. The van der Waals surface area contributed by atoms with E-state index in [0.717, 1.165) is 12.0 Å². The number of rotatable bonds is 5. The molecule has 0 unspecified atom stereocenters. The normalized spacial score (nSPS) is 16.4. The summed E-state index contributed by atoms with van der Waals surface area (Å²) in [6.45, 7) is 3.68. The third kappa shape index (κ3) is 5.03. The first-order chi connectivity index (χ1) is 17.5. The quantitative estimate of drug-likeness (QED) is 0.518. The van der Waals surface area contributed by atoms with Crippen molar-refractivity contribution in [3.05, 3.63) is 95.6 Å². The lowest BCUT2D eigenvalue weighted by atomic mass is 10.1. The van der Waals surface area contributed by atoms with E-state index in [1.165, 1.54) is 18.2 Å². The van der Waals surface area contributed by atoms with E-state index >= 15 is 0 Å². The highest BCUT2D eigenvalue weighted by atomic mass is 19.1. The van der Waals surface area contributed by atoms with Gasteiger partial charge >= 0.3 is 6.03 Å². The van der Waals surface area contributed by atoms with Gasteiger partial charge in [0.15, 0.2) is 0 Å². The van der Waals surface area contributed by atoms with Crippen LogP contribution in [0.25, 0.3) is 0 Å². The largest absolute Gasteiger partial charge is 0.366 e. The molecular weight excluding hydrogens is 462 g/mol. The Balaban J connectivity index is 1.25. The van der Waals surface area contributed by atoms with Crippen LogP contribution in [-0.2, 0) is 6.54 Å². The van der Waals surface area contributed by atoms with Gasteiger partial charge in [-0.25, -0.2) is 13.6 Å². The van der Waals surface area contributed by atoms with E-state index in [1.54, 1.807) is 57.2 Å². The molecule has 8 heteroatoms.